The highest BCUT2D eigenvalue weighted by Crippen LogP contribution is 2.14. The number of unbranched alkanes of at least 4 members (excludes halogenated alkanes) is 5. The highest BCUT2D eigenvalue weighted by atomic mass is 16.6. The summed E-state index contributed by atoms with van der Waals surface area (Å²) in [6.45, 7) is 1.89. The summed E-state index contributed by atoms with van der Waals surface area (Å²) in [4.78, 5) is 3.75. The third kappa shape index (κ3) is 12.1. The Hall–Kier alpha value is -0.980. The molecule has 0 radical (unpaired) electrons. The zero-order chi connectivity index (χ0) is 19.0. The van der Waals surface area contributed by atoms with Crippen LogP contribution in [0.15, 0.2) is 24.3 Å². The zero-order valence-corrected chi connectivity index (χ0v) is 16.0. The summed E-state index contributed by atoms with van der Waals surface area (Å²) < 4.78 is 0. The molecule has 0 aliphatic rings. The van der Waals surface area contributed by atoms with Crippen molar-refractivity contribution in [3.63, 3.8) is 0 Å². The van der Waals surface area contributed by atoms with Gasteiger partial charge in [-0.3, -0.25) is 0 Å². The Morgan fingerprint density at radius 3 is 1.80 bits per heavy atom. The molecule has 6 N–H and O–H groups in total. The molecule has 0 aliphatic carbocycles. The Balaban J connectivity index is 0.00000178. The van der Waals surface area contributed by atoms with Gasteiger partial charge >= 0.3 is 0 Å². The van der Waals surface area contributed by atoms with Gasteiger partial charge in [-0.25, -0.2) is 5.90 Å². The fourth-order valence-corrected chi connectivity index (χ4v) is 2.58. The van der Waals surface area contributed by atoms with Gasteiger partial charge in [0.15, 0.2) is 0 Å². The molecule has 0 atom stereocenters. The third-order valence-electron chi connectivity index (χ3n) is 4.38. The van der Waals surface area contributed by atoms with Crippen molar-refractivity contribution in [2.75, 3.05) is 20.3 Å². The number of aliphatic hydroxyl groups is 2. The van der Waals surface area contributed by atoms with Gasteiger partial charge in [-0.1, -0.05) is 63.3 Å². The molecule has 0 saturated heterocycles. The molecule has 0 aliphatic heterocycles. The molecule has 0 heterocycles. The molecule has 0 bridgehead atoms. The number of hydrogen-bond donors (Lipinski definition) is 4. The van der Waals surface area contributed by atoms with E-state index in [0.29, 0.717) is 6.42 Å². The fourth-order valence-electron chi connectivity index (χ4n) is 2.58. The van der Waals surface area contributed by atoms with Gasteiger partial charge in [0.1, 0.15) is 0 Å². The summed E-state index contributed by atoms with van der Waals surface area (Å²) in [5.74, 6) is 4.35. The van der Waals surface area contributed by atoms with Crippen LogP contribution in [-0.4, -0.2) is 36.1 Å². The normalized spacial score (nSPS) is 11.1. The Bertz CT molecular complexity index is 406. The van der Waals surface area contributed by atoms with Crippen LogP contribution in [0, 0.1) is 0 Å². The number of benzene rings is 1. The molecule has 0 spiro atoms. The minimum absolute atomic E-state index is 0.181. The van der Waals surface area contributed by atoms with Crippen LogP contribution in [0.1, 0.15) is 63.0 Å². The van der Waals surface area contributed by atoms with E-state index in [1.165, 1.54) is 56.8 Å². The van der Waals surface area contributed by atoms with Crippen molar-refractivity contribution in [1.82, 2.24) is 0 Å². The zero-order valence-electron chi connectivity index (χ0n) is 16.0. The molecule has 0 amide bonds. The van der Waals surface area contributed by atoms with E-state index in [1.54, 1.807) is 0 Å². The van der Waals surface area contributed by atoms with Crippen molar-refractivity contribution in [1.29, 1.82) is 0 Å². The largest absolute Gasteiger partial charge is 0.394 e. The van der Waals surface area contributed by atoms with E-state index in [1.807, 2.05) is 0 Å². The van der Waals surface area contributed by atoms with Gasteiger partial charge in [-0.2, -0.15) is 0 Å². The first-order valence-corrected chi connectivity index (χ1v) is 9.36. The maximum atomic E-state index is 9.20. The summed E-state index contributed by atoms with van der Waals surface area (Å²) in [6, 6.07) is 8.66. The van der Waals surface area contributed by atoms with Crippen LogP contribution >= 0.6 is 0 Å². The summed E-state index contributed by atoms with van der Waals surface area (Å²) in [5.41, 5.74) is 7.63. The molecule has 1 aromatic rings. The number of aryl methyl sites for hydroxylation is 2. The van der Waals surface area contributed by atoms with E-state index in [4.69, 9.17) is 5.73 Å². The molecule has 25 heavy (non-hydrogen) atoms. The first-order chi connectivity index (χ1) is 12.0. The SMILES string of the molecule is CCCCCCCCc1ccc(CCC(N)(CO)CO)cc1.CON. The summed E-state index contributed by atoms with van der Waals surface area (Å²) >= 11 is 0. The van der Waals surface area contributed by atoms with Crippen molar-refractivity contribution in [3.8, 4) is 0 Å². The molecule has 0 fully saturated rings. The Labute approximate surface area is 153 Å². The Kier molecular flexibility index (Phi) is 14.7. The smallest absolute Gasteiger partial charge is 0.0633 e. The summed E-state index contributed by atoms with van der Waals surface area (Å²) in [7, 11) is 1.40. The second kappa shape index (κ2) is 15.3. The quantitative estimate of drug-likeness (QED) is 0.341. The van der Waals surface area contributed by atoms with Crippen LogP contribution in [0.5, 0.6) is 0 Å². The molecule has 146 valence electrons. The maximum absolute atomic E-state index is 9.20. The fraction of sp³-hybridized carbons (Fsp3) is 0.700. The third-order valence-corrected chi connectivity index (χ3v) is 4.38. The number of aliphatic hydroxyl groups excluding tert-OH is 2. The number of rotatable bonds is 12. The first kappa shape index (κ1) is 24.0. The molecule has 1 rings (SSSR count). The molecule has 0 aromatic heterocycles. The Morgan fingerprint density at radius 2 is 1.32 bits per heavy atom. The van der Waals surface area contributed by atoms with Crippen LogP contribution in [0.2, 0.25) is 0 Å². The molecule has 0 unspecified atom stereocenters. The first-order valence-electron chi connectivity index (χ1n) is 9.36. The standard InChI is InChI=1S/C19H33NO2.CH5NO/c1-2-3-4-5-6-7-8-17-9-11-18(12-10-17)13-14-19(20,15-21)16-22;1-3-2/h9-12,21-22H,2-8,13-16,20H2,1H3;2H2,1H3. The van der Waals surface area contributed by atoms with E-state index < -0.39 is 5.54 Å². The molecular formula is C20H38N2O3. The Morgan fingerprint density at radius 1 is 0.880 bits per heavy atom. The molecule has 1 aromatic carbocycles. The predicted molar refractivity (Wildman–Crippen MR) is 104 cm³/mol. The van der Waals surface area contributed by atoms with Crippen LogP contribution in [-0.2, 0) is 17.7 Å². The molecule has 0 saturated carbocycles. The van der Waals surface area contributed by atoms with Crippen LogP contribution in [0.25, 0.3) is 0 Å². The predicted octanol–water partition coefficient (Wildman–Crippen LogP) is 2.71. The van der Waals surface area contributed by atoms with Gasteiger partial charge in [0.2, 0.25) is 0 Å². The topological polar surface area (TPSA) is 102 Å². The maximum Gasteiger partial charge on any atom is 0.0633 e. The summed E-state index contributed by atoms with van der Waals surface area (Å²) in [6.07, 6.45) is 10.5. The summed E-state index contributed by atoms with van der Waals surface area (Å²) in [5, 5.41) is 18.4. The lowest BCUT2D eigenvalue weighted by atomic mass is 9.93. The van der Waals surface area contributed by atoms with E-state index >= 15 is 0 Å². The van der Waals surface area contributed by atoms with Crippen molar-refractivity contribution >= 4 is 0 Å². The van der Waals surface area contributed by atoms with Gasteiger partial charge in [0, 0.05) is 0 Å². The van der Waals surface area contributed by atoms with Gasteiger partial charge in [-0.05, 0) is 36.8 Å². The number of hydrogen-bond acceptors (Lipinski definition) is 5. The van der Waals surface area contributed by atoms with Crippen molar-refractivity contribution < 1.29 is 15.1 Å². The highest BCUT2D eigenvalue weighted by molar-refractivity contribution is 5.23. The lowest BCUT2D eigenvalue weighted by molar-refractivity contribution is 0.115. The molecular weight excluding hydrogens is 316 g/mol. The van der Waals surface area contributed by atoms with E-state index in [-0.39, 0.29) is 13.2 Å². The van der Waals surface area contributed by atoms with Crippen LogP contribution < -0.4 is 11.6 Å². The second-order valence-electron chi connectivity index (χ2n) is 6.75. The van der Waals surface area contributed by atoms with E-state index in [2.05, 4.69) is 41.9 Å². The molecule has 5 heteroatoms. The lowest BCUT2D eigenvalue weighted by Gasteiger charge is -2.24. The van der Waals surface area contributed by atoms with Gasteiger partial charge in [0.25, 0.3) is 0 Å². The van der Waals surface area contributed by atoms with Crippen molar-refractivity contribution in [2.24, 2.45) is 11.6 Å². The van der Waals surface area contributed by atoms with E-state index in [9.17, 15) is 10.2 Å². The van der Waals surface area contributed by atoms with Gasteiger partial charge < -0.3 is 20.8 Å². The van der Waals surface area contributed by atoms with Crippen molar-refractivity contribution in [3.05, 3.63) is 35.4 Å². The number of nitrogens with two attached hydrogens (primary N) is 2. The average Bonchev–Trinajstić information content (AvgIpc) is 2.64. The highest BCUT2D eigenvalue weighted by Gasteiger charge is 2.22. The van der Waals surface area contributed by atoms with Gasteiger partial charge in [0.05, 0.1) is 25.9 Å². The second-order valence-corrected chi connectivity index (χ2v) is 6.75. The monoisotopic (exact) mass is 354 g/mol. The lowest BCUT2D eigenvalue weighted by Crippen LogP contribution is -2.47. The minimum Gasteiger partial charge on any atom is -0.394 e. The van der Waals surface area contributed by atoms with E-state index in [0.717, 1.165) is 12.8 Å². The molecule has 5 nitrogen and oxygen atoms in total. The van der Waals surface area contributed by atoms with Crippen LogP contribution in [0.4, 0.5) is 0 Å². The average molecular weight is 355 g/mol. The van der Waals surface area contributed by atoms with Crippen LogP contribution in [0.3, 0.4) is 0 Å². The van der Waals surface area contributed by atoms with Crippen molar-refractivity contribution in [2.45, 2.75) is 70.3 Å². The minimum atomic E-state index is -0.864. The van der Waals surface area contributed by atoms with Gasteiger partial charge in [-0.15, -0.1) is 0 Å².